The van der Waals surface area contributed by atoms with Crippen LogP contribution in [0.5, 0.6) is 0 Å². The second kappa shape index (κ2) is 8.33. The minimum atomic E-state index is 0.169. The van der Waals surface area contributed by atoms with E-state index in [9.17, 15) is 4.79 Å². The number of carbonyl (C=O) groups excluding carboxylic acids is 1. The lowest BCUT2D eigenvalue weighted by atomic mass is 10.2. The Kier molecular flexibility index (Phi) is 5.91. The molecule has 1 amide bonds. The van der Waals surface area contributed by atoms with Crippen molar-refractivity contribution in [3.8, 4) is 11.3 Å². The van der Waals surface area contributed by atoms with E-state index in [0.29, 0.717) is 50.8 Å². The Hall–Kier alpha value is -1.82. The molecule has 0 atom stereocenters. The van der Waals surface area contributed by atoms with E-state index in [-0.39, 0.29) is 5.91 Å². The van der Waals surface area contributed by atoms with Crippen molar-refractivity contribution in [3.63, 3.8) is 0 Å². The van der Waals surface area contributed by atoms with Crippen LogP contribution in [0, 0.1) is 0 Å². The van der Waals surface area contributed by atoms with E-state index in [1.807, 2.05) is 41.3 Å². The third-order valence-electron chi connectivity index (χ3n) is 3.98. The van der Waals surface area contributed by atoms with Crippen LogP contribution in [0.25, 0.3) is 11.3 Å². The van der Waals surface area contributed by atoms with Crippen LogP contribution in [-0.2, 0) is 16.1 Å². The summed E-state index contributed by atoms with van der Waals surface area (Å²) in [6.45, 7) is 3.86. The third-order valence-corrected chi connectivity index (χ3v) is 4.31. The first-order valence-electron chi connectivity index (χ1n) is 8.14. The highest BCUT2D eigenvalue weighted by Crippen LogP contribution is 2.28. The number of furan rings is 1. The second-order valence-electron chi connectivity index (χ2n) is 5.67. The Morgan fingerprint density at radius 1 is 1.17 bits per heavy atom. The fourth-order valence-electron chi connectivity index (χ4n) is 2.66. The Labute approximate surface area is 146 Å². The van der Waals surface area contributed by atoms with E-state index in [1.165, 1.54) is 0 Å². The number of hydrogen-bond acceptors (Lipinski definition) is 4. The number of nitrogens with one attached hydrogen (secondary N) is 1. The number of morpholine rings is 1. The zero-order chi connectivity index (χ0) is 16.8. The fraction of sp³-hybridized carbons (Fsp3) is 0.389. The molecule has 0 saturated carbocycles. The Bertz CT molecular complexity index is 680. The maximum Gasteiger partial charge on any atom is 0.224 e. The van der Waals surface area contributed by atoms with Gasteiger partial charge in [-0.25, -0.2) is 0 Å². The van der Waals surface area contributed by atoms with Crippen molar-refractivity contribution in [2.75, 3.05) is 32.8 Å². The molecule has 3 rings (SSSR count). The van der Waals surface area contributed by atoms with Gasteiger partial charge in [-0.1, -0.05) is 23.7 Å². The van der Waals surface area contributed by atoms with E-state index >= 15 is 0 Å². The summed E-state index contributed by atoms with van der Waals surface area (Å²) in [6.07, 6.45) is 0.484. The Morgan fingerprint density at radius 2 is 1.96 bits per heavy atom. The van der Waals surface area contributed by atoms with E-state index in [4.69, 9.17) is 20.8 Å². The summed E-state index contributed by atoms with van der Waals surface area (Å²) in [5, 5.41) is 3.91. The number of nitrogens with zero attached hydrogens (tertiary/aromatic N) is 1. The van der Waals surface area contributed by atoms with Gasteiger partial charge in [0.25, 0.3) is 0 Å². The lowest BCUT2D eigenvalue weighted by Gasteiger charge is -2.26. The number of benzene rings is 1. The number of rotatable bonds is 6. The molecule has 5 nitrogen and oxygen atoms in total. The van der Waals surface area contributed by atoms with Gasteiger partial charge in [-0.2, -0.15) is 0 Å². The second-order valence-corrected chi connectivity index (χ2v) is 6.07. The molecule has 0 spiro atoms. The molecule has 0 bridgehead atoms. The molecule has 0 radical (unpaired) electrons. The molecule has 24 heavy (non-hydrogen) atoms. The van der Waals surface area contributed by atoms with Gasteiger partial charge < -0.3 is 19.4 Å². The number of amides is 1. The van der Waals surface area contributed by atoms with Crippen molar-refractivity contribution >= 4 is 17.5 Å². The standard InChI is InChI=1S/C18H21ClN2O3/c19-16-4-2-1-3-15(16)17-6-5-14(24-17)13-20-8-7-18(22)21-9-11-23-12-10-21/h1-6,20H,7-13H2. The third kappa shape index (κ3) is 4.38. The molecule has 1 N–H and O–H groups in total. The van der Waals surface area contributed by atoms with Crippen molar-refractivity contribution in [1.82, 2.24) is 10.2 Å². The molecule has 1 aliphatic rings. The van der Waals surface area contributed by atoms with E-state index in [0.717, 1.165) is 17.1 Å². The predicted octanol–water partition coefficient (Wildman–Crippen LogP) is 2.94. The van der Waals surface area contributed by atoms with Gasteiger partial charge in [0.2, 0.25) is 5.91 Å². The molecular weight excluding hydrogens is 328 g/mol. The molecule has 0 aliphatic carbocycles. The van der Waals surface area contributed by atoms with Crippen molar-refractivity contribution in [2.45, 2.75) is 13.0 Å². The average molecular weight is 349 g/mol. The molecule has 1 aromatic heterocycles. The fourth-order valence-corrected chi connectivity index (χ4v) is 2.89. The molecule has 2 heterocycles. The van der Waals surface area contributed by atoms with E-state index in [2.05, 4.69) is 5.32 Å². The number of carbonyl (C=O) groups is 1. The van der Waals surface area contributed by atoms with Gasteiger partial charge in [-0.3, -0.25) is 4.79 Å². The summed E-state index contributed by atoms with van der Waals surface area (Å²) in [5.74, 6) is 1.74. The van der Waals surface area contributed by atoms with Crippen molar-refractivity contribution < 1.29 is 13.9 Å². The molecule has 1 fully saturated rings. The summed E-state index contributed by atoms with van der Waals surface area (Å²) < 4.78 is 11.1. The van der Waals surface area contributed by atoms with Gasteiger partial charge >= 0.3 is 0 Å². The summed E-state index contributed by atoms with van der Waals surface area (Å²) in [6, 6.07) is 11.4. The molecule has 128 valence electrons. The smallest absolute Gasteiger partial charge is 0.224 e. The quantitative estimate of drug-likeness (QED) is 0.815. The highest BCUT2D eigenvalue weighted by Gasteiger charge is 2.16. The van der Waals surface area contributed by atoms with Gasteiger partial charge in [0.15, 0.2) is 0 Å². The molecule has 1 aromatic carbocycles. The molecule has 6 heteroatoms. The normalized spacial score (nSPS) is 14.8. The van der Waals surface area contributed by atoms with Crippen LogP contribution in [0.3, 0.4) is 0 Å². The van der Waals surface area contributed by atoms with Crippen molar-refractivity contribution in [3.05, 3.63) is 47.2 Å². The zero-order valence-corrected chi connectivity index (χ0v) is 14.2. The molecular formula is C18H21ClN2O3. The van der Waals surface area contributed by atoms with Gasteiger partial charge in [0.05, 0.1) is 24.8 Å². The number of hydrogen-bond donors (Lipinski definition) is 1. The maximum absolute atomic E-state index is 12.0. The van der Waals surface area contributed by atoms with Crippen LogP contribution in [0.1, 0.15) is 12.2 Å². The maximum atomic E-state index is 12.0. The van der Waals surface area contributed by atoms with Crippen LogP contribution in [0.2, 0.25) is 5.02 Å². The average Bonchev–Trinajstić information content (AvgIpc) is 3.08. The highest BCUT2D eigenvalue weighted by atomic mass is 35.5. The lowest BCUT2D eigenvalue weighted by molar-refractivity contribution is -0.135. The van der Waals surface area contributed by atoms with Gasteiger partial charge in [-0.05, 0) is 24.3 Å². The van der Waals surface area contributed by atoms with Gasteiger partial charge in [0, 0.05) is 31.6 Å². The van der Waals surface area contributed by atoms with Crippen molar-refractivity contribution in [2.24, 2.45) is 0 Å². The van der Waals surface area contributed by atoms with Crippen LogP contribution in [-0.4, -0.2) is 43.7 Å². The number of ether oxygens (including phenoxy) is 1. The molecule has 2 aromatic rings. The summed E-state index contributed by atoms with van der Waals surface area (Å²) in [5.41, 5.74) is 0.882. The summed E-state index contributed by atoms with van der Waals surface area (Å²) in [4.78, 5) is 13.9. The minimum Gasteiger partial charge on any atom is -0.460 e. The van der Waals surface area contributed by atoms with Gasteiger partial charge in [-0.15, -0.1) is 0 Å². The topological polar surface area (TPSA) is 54.7 Å². The molecule has 0 unspecified atom stereocenters. The molecule has 1 saturated heterocycles. The van der Waals surface area contributed by atoms with Crippen molar-refractivity contribution in [1.29, 1.82) is 0 Å². The predicted molar refractivity (Wildman–Crippen MR) is 92.9 cm³/mol. The van der Waals surface area contributed by atoms with E-state index in [1.54, 1.807) is 0 Å². The SMILES string of the molecule is O=C(CCNCc1ccc(-c2ccccc2Cl)o1)N1CCOCC1. The summed E-state index contributed by atoms with van der Waals surface area (Å²) in [7, 11) is 0. The summed E-state index contributed by atoms with van der Waals surface area (Å²) >= 11 is 6.18. The van der Waals surface area contributed by atoms with E-state index < -0.39 is 0 Å². The lowest BCUT2D eigenvalue weighted by Crippen LogP contribution is -2.41. The van der Waals surface area contributed by atoms with Crippen LogP contribution >= 0.6 is 11.6 Å². The monoisotopic (exact) mass is 348 g/mol. The zero-order valence-electron chi connectivity index (χ0n) is 13.5. The minimum absolute atomic E-state index is 0.169. The first-order valence-corrected chi connectivity index (χ1v) is 8.51. The largest absolute Gasteiger partial charge is 0.460 e. The van der Waals surface area contributed by atoms with Crippen LogP contribution in [0.4, 0.5) is 0 Å². The van der Waals surface area contributed by atoms with Crippen LogP contribution in [0.15, 0.2) is 40.8 Å². The van der Waals surface area contributed by atoms with Gasteiger partial charge in [0.1, 0.15) is 11.5 Å². The molecule has 1 aliphatic heterocycles. The Morgan fingerprint density at radius 3 is 2.75 bits per heavy atom. The Balaban J connectivity index is 1.44. The first-order chi connectivity index (χ1) is 11.7. The van der Waals surface area contributed by atoms with Crippen LogP contribution < -0.4 is 5.32 Å². The highest BCUT2D eigenvalue weighted by molar-refractivity contribution is 6.33. The first kappa shape index (κ1) is 17.0. The number of halogens is 1.